The van der Waals surface area contributed by atoms with Crippen LogP contribution in [-0.2, 0) is 13.5 Å². The third kappa shape index (κ3) is 1.34. The number of aliphatic hydroxyl groups is 1. The van der Waals surface area contributed by atoms with Crippen LogP contribution in [0, 0.1) is 0 Å². The second-order valence-corrected chi connectivity index (χ2v) is 3.85. The van der Waals surface area contributed by atoms with Crippen molar-refractivity contribution in [1.29, 1.82) is 0 Å². The number of aryl methyl sites for hydroxylation is 1. The Morgan fingerprint density at radius 2 is 2.42 bits per heavy atom. The third-order valence-corrected chi connectivity index (χ3v) is 2.65. The summed E-state index contributed by atoms with van der Waals surface area (Å²) in [4.78, 5) is 3.95. The molecule has 0 amide bonds. The highest BCUT2D eigenvalue weighted by atomic mass is 35.5. The van der Waals surface area contributed by atoms with E-state index >= 15 is 0 Å². The molecular formula is C8H11ClN2O. The zero-order valence-electron chi connectivity index (χ0n) is 6.92. The predicted octanol–water partition coefficient (Wildman–Crippen LogP) is 1.14. The quantitative estimate of drug-likeness (QED) is 0.753. The fourth-order valence-electron chi connectivity index (χ4n) is 1.26. The molecule has 0 radical (unpaired) electrons. The van der Waals surface area contributed by atoms with Gasteiger partial charge in [-0.25, -0.2) is 4.98 Å². The summed E-state index contributed by atoms with van der Waals surface area (Å²) in [5, 5.41) is 10.2. The molecule has 66 valence electrons. The van der Waals surface area contributed by atoms with Gasteiger partial charge in [-0.2, -0.15) is 0 Å². The highest BCUT2D eigenvalue weighted by molar-refractivity contribution is 6.30. The van der Waals surface area contributed by atoms with Crippen LogP contribution < -0.4 is 0 Å². The van der Waals surface area contributed by atoms with Gasteiger partial charge in [0.25, 0.3) is 0 Å². The lowest BCUT2D eigenvalue weighted by molar-refractivity contribution is 0.149. The molecule has 1 aliphatic rings. The first-order valence-electron chi connectivity index (χ1n) is 3.99. The first kappa shape index (κ1) is 8.08. The van der Waals surface area contributed by atoms with E-state index in [9.17, 15) is 5.11 Å². The molecule has 3 nitrogen and oxygen atoms in total. The van der Waals surface area contributed by atoms with Crippen molar-refractivity contribution >= 4 is 11.6 Å². The maximum atomic E-state index is 9.65. The Balaban J connectivity index is 2.21. The minimum Gasteiger partial charge on any atom is -0.389 e. The van der Waals surface area contributed by atoms with E-state index in [0.29, 0.717) is 11.6 Å². The SMILES string of the molecule is Cn1cnc(Cl)c1CC1(O)CC1. The fourth-order valence-corrected chi connectivity index (χ4v) is 1.50. The standard InChI is InChI=1S/C8H11ClN2O/c1-11-5-10-7(9)6(11)4-8(12)2-3-8/h5,12H,2-4H2,1H3. The van der Waals surface area contributed by atoms with E-state index in [0.717, 1.165) is 18.5 Å². The highest BCUT2D eigenvalue weighted by Crippen LogP contribution is 2.39. The van der Waals surface area contributed by atoms with E-state index in [1.165, 1.54) is 0 Å². The van der Waals surface area contributed by atoms with Crippen molar-refractivity contribution in [3.05, 3.63) is 17.2 Å². The molecule has 1 saturated carbocycles. The number of aromatic nitrogens is 2. The summed E-state index contributed by atoms with van der Waals surface area (Å²) in [6, 6.07) is 0. The molecule has 1 fully saturated rings. The molecule has 0 atom stereocenters. The maximum absolute atomic E-state index is 9.65. The Morgan fingerprint density at radius 3 is 2.83 bits per heavy atom. The lowest BCUT2D eigenvalue weighted by atomic mass is 10.2. The van der Waals surface area contributed by atoms with Crippen LogP contribution in [-0.4, -0.2) is 20.3 Å². The van der Waals surface area contributed by atoms with Gasteiger partial charge in [0.1, 0.15) is 5.15 Å². The summed E-state index contributed by atoms with van der Waals surface area (Å²) < 4.78 is 1.86. The molecule has 1 heterocycles. The minimum absolute atomic E-state index is 0.489. The molecule has 1 aromatic rings. The van der Waals surface area contributed by atoms with Gasteiger partial charge in [0, 0.05) is 13.5 Å². The number of rotatable bonds is 2. The van der Waals surface area contributed by atoms with Gasteiger partial charge in [0.2, 0.25) is 0 Å². The predicted molar refractivity (Wildman–Crippen MR) is 46.1 cm³/mol. The molecule has 0 unspecified atom stereocenters. The first-order chi connectivity index (χ1) is 5.61. The van der Waals surface area contributed by atoms with Crippen molar-refractivity contribution in [3.8, 4) is 0 Å². The van der Waals surface area contributed by atoms with Crippen LogP contribution in [0.25, 0.3) is 0 Å². The Labute approximate surface area is 76.0 Å². The van der Waals surface area contributed by atoms with E-state index in [1.807, 2.05) is 11.6 Å². The lowest BCUT2D eigenvalue weighted by Crippen LogP contribution is -2.13. The van der Waals surface area contributed by atoms with Crippen LogP contribution in [0.5, 0.6) is 0 Å². The summed E-state index contributed by atoms with van der Waals surface area (Å²) in [6.07, 6.45) is 4.06. The average molecular weight is 187 g/mol. The van der Waals surface area contributed by atoms with Gasteiger partial charge in [0.15, 0.2) is 0 Å². The third-order valence-electron chi connectivity index (χ3n) is 2.33. The van der Waals surface area contributed by atoms with E-state index in [4.69, 9.17) is 11.6 Å². The molecule has 0 saturated heterocycles. The molecule has 1 aromatic heterocycles. The molecule has 2 rings (SSSR count). The Kier molecular flexibility index (Phi) is 1.66. The minimum atomic E-state index is -0.489. The summed E-state index contributed by atoms with van der Waals surface area (Å²) in [7, 11) is 1.89. The van der Waals surface area contributed by atoms with Crippen LogP contribution >= 0.6 is 11.6 Å². The maximum Gasteiger partial charge on any atom is 0.150 e. The topological polar surface area (TPSA) is 38.0 Å². The van der Waals surface area contributed by atoms with Crippen molar-refractivity contribution in [2.24, 2.45) is 7.05 Å². The lowest BCUT2D eigenvalue weighted by Gasteiger charge is -2.07. The molecule has 1 aliphatic carbocycles. The van der Waals surface area contributed by atoms with Gasteiger partial charge in [-0.1, -0.05) is 11.6 Å². The van der Waals surface area contributed by atoms with Gasteiger partial charge in [0.05, 0.1) is 17.6 Å². The zero-order chi connectivity index (χ0) is 8.77. The molecule has 0 bridgehead atoms. The van der Waals surface area contributed by atoms with Crippen molar-refractivity contribution in [2.75, 3.05) is 0 Å². The number of imidazole rings is 1. The largest absolute Gasteiger partial charge is 0.389 e. The Morgan fingerprint density at radius 1 is 1.75 bits per heavy atom. The van der Waals surface area contributed by atoms with E-state index in [1.54, 1.807) is 6.33 Å². The van der Waals surface area contributed by atoms with Gasteiger partial charge < -0.3 is 9.67 Å². The second kappa shape index (κ2) is 2.47. The number of halogens is 1. The molecular weight excluding hydrogens is 176 g/mol. The Hall–Kier alpha value is -0.540. The molecule has 0 aliphatic heterocycles. The van der Waals surface area contributed by atoms with Crippen LogP contribution in [0.4, 0.5) is 0 Å². The molecule has 12 heavy (non-hydrogen) atoms. The fraction of sp³-hybridized carbons (Fsp3) is 0.625. The number of hydrogen-bond acceptors (Lipinski definition) is 2. The first-order valence-corrected chi connectivity index (χ1v) is 4.37. The summed E-state index contributed by atoms with van der Waals surface area (Å²) >= 11 is 5.84. The van der Waals surface area contributed by atoms with Gasteiger partial charge in [-0.15, -0.1) is 0 Å². The average Bonchev–Trinajstić information content (AvgIpc) is 2.67. The van der Waals surface area contributed by atoms with E-state index in [-0.39, 0.29) is 0 Å². The van der Waals surface area contributed by atoms with Gasteiger partial charge in [-0.3, -0.25) is 0 Å². The van der Waals surface area contributed by atoms with Crippen LogP contribution in [0.3, 0.4) is 0 Å². The van der Waals surface area contributed by atoms with Crippen molar-refractivity contribution in [2.45, 2.75) is 24.9 Å². The van der Waals surface area contributed by atoms with Gasteiger partial charge >= 0.3 is 0 Å². The summed E-state index contributed by atoms with van der Waals surface area (Å²) in [5.41, 5.74) is 0.439. The zero-order valence-corrected chi connectivity index (χ0v) is 7.67. The second-order valence-electron chi connectivity index (χ2n) is 3.49. The number of hydrogen-bond donors (Lipinski definition) is 1. The molecule has 4 heteroatoms. The molecule has 0 spiro atoms. The molecule has 1 N–H and O–H groups in total. The van der Waals surface area contributed by atoms with Crippen LogP contribution in [0.1, 0.15) is 18.5 Å². The van der Waals surface area contributed by atoms with Gasteiger partial charge in [-0.05, 0) is 12.8 Å². The highest BCUT2D eigenvalue weighted by Gasteiger charge is 2.41. The van der Waals surface area contributed by atoms with Crippen molar-refractivity contribution in [1.82, 2.24) is 9.55 Å². The normalized spacial score (nSPS) is 19.6. The number of nitrogens with zero attached hydrogens (tertiary/aromatic N) is 2. The monoisotopic (exact) mass is 186 g/mol. The summed E-state index contributed by atoms with van der Waals surface area (Å²) in [5.74, 6) is 0. The smallest absolute Gasteiger partial charge is 0.150 e. The summed E-state index contributed by atoms with van der Waals surface area (Å²) in [6.45, 7) is 0. The van der Waals surface area contributed by atoms with Crippen LogP contribution in [0.15, 0.2) is 6.33 Å². The Bertz CT molecular complexity index is 285. The van der Waals surface area contributed by atoms with E-state index < -0.39 is 5.60 Å². The molecule has 0 aromatic carbocycles. The van der Waals surface area contributed by atoms with Crippen molar-refractivity contribution in [3.63, 3.8) is 0 Å². The van der Waals surface area contributed by atoms with Crippen LogP contribution in [0.2, 0.25) is 5.15 Å². The van der Waals surface area contributed by atoms with Crippen molar-refractivity contribution < 1.29 is 5.11 Å². The van der Waals surface area contributed by atoms with E-state index in [2.05, 4.69) is 4.98 Å².